The molecular weight excluding hydrogens is 426 g/mol. The van der Waals surface area contributed by atoms with Crippen LogP contribution in [0.25, 0.3) is 11.1 Å². The van der Waals surface area contributed by atoms with Crippen molar-refractivity contribution in [3.63, 3.8) is 0 Å². The number of thiophene rings is 1. The fourth-order valence-electron chi connectivity index (χ4n) is 3.03. The van der Waals surface area contributed by atoms with Crippen molar-refractivity contribution in [2.45, 2.75) is 6.92 Å². The van der Waals surface area contributed by atoms with Crippen LogP contribution < -0.4 is 10.6 Å². The Morgan fingerprint density at radius 1 is 1.00 bits per heavy atom. The third-order valence-electron chi connectivity index (χ3n) is 4.60. The molecule has 1 aromatic heterocycles. The monoisotopic (exact) mass is 451 g/mol. The lowest BCUT2D eigenvalue weighted by Crippen LogP contribution is -2.23. The second kappa shape index (κ2) is 10.6. The van der Waals surface area contributed by atoms with Gasteiger partial charge >= 0.3 is 5.97 Å². The van der Waals surface area contributed by atoms with Crippen LogP contribution in [0.5, 0.6) is 0 Å². The maximum absolute atomic E-state index is 12.6. The molecule has 166 valence electrons. The number of rotatable bonds is 8. The minimum atomic E-state index is -0.475. The van der Waals surface area contributed by atoms with Gasteiger partial charge in [-0.3, -0.25) is 9.59 Å². The number of amides is 2. The van der Waals surface area contributed by atoms with Gasteiger partial charge in [-0.2, -0.15) is 0 Å². The average Bonchev–Trinajstić information content (AvgIpc) is 3.21. The highest BCUT2D eigenvalue weighted by Crippen LogP contribution is 2.36. The maximum atomic E-state index is 12.6. The quantitative estimate of drug-likeness (QED) is 0.498. The molecule has 7 nitrogen and oxygen atoms in total. The number of nitrogens with zero attached hydrogens (tertiary/aromatic N) is 1. The first-order chi connectivity index (χ1) is 15.4. The van der Waals surface area contributed by atoms with Crippen LogP contribution in [-0.2, 0) is 9.53 Å². The van der Waals surface area contributed by atoms with E-state index < -0.39 is 5.97 Å². The summed E-state index contributed by atoms with van der Waals surface area (Å²) in [5.74, 6) is -0.866. The van der Waals surface area contributed by atoms with E-state index in [0.29, 0.717) is 21.8 Å². The molecule has 1 heterocycles. The Balaban J connectivity index is 1.70. The van der Waals surface area contributed by atoms with Crippen LogP contribution in [0, 0.1) is 0 Å². The summed E-state index contributed by atoms with van der Waals surface area (Å²) >= 11 is 1.28. The maximum Gasteiger partial charge on any atom is 0.341 e. The van der Waals surface area contributed by atoms with Crippen molar-refractivity contribution >= 4 is 39.8 Å². The summed E-state index contributed by atoms with van der Waals surface area (Å²) in [4.78, 5) is 38.6. The zero-order chi connectivity index (χ0) is 23.1. The SMILES string of the molecule is CCOC(=O)c1c(-c2ccccc2)csc1NC(=O)CNc1ccc(C(=O)N(C)C)cc1. The van der Waals surface area contributed by atoms with E-state index in [1.165, 1.54) is 16.2 Å². The molecule has 0 spiro atoms. The van der Waals surface area contributed by atoms with E-state index >= 15 is 0 Å². The molecule has 0 aliphatic rings. The van der Waals surface area contributed by atoms with Crippen LogP contribution in [0.1, 0.15) is 27.6 Å². The lowest BCUT2D eigenvalue weighted by Gasteiger charge is -2.12. The van der Waals surface area contributed by atoms with Gasteiger partial charge in [0.1, 0.15) is 10.6 Å². The van der Waals surface area contributed by atoms with Crippen molar-refractivity contribution in [2.75, 3.05) is 37.9 Å². The number of ether oxygens (including phenoxy) is 1. The van der Waals surface area contributed by atoms with Crippen LogP contribution in [0.3, 0.4) is 0 Å². The number of carbonyl (C=O) groups excluding carboxylic acids is 3. The van der Waals surface area contributed by atoms with Crippen molar-refractivity contribution in [1.29, 1.82) is 0 Å². The fourth-order valence-corrected chi connectivity index (χ4v) is 4.00. The van der Waals surface area contributed by atoms with Gasteiger partial charge in [0.05, 0.1) is 13.2 Å². The molecule has 0 atom stereocenters. The van der Waals surface area contributed by atoms with Crippen LogP contribution in [0.4, 0.5) is 10.7 Å². The Morgan fingerprint density at radius 2 is 1.69 bits per heavy atom. The number of hydrogen-bond acceptors (Lipinski definition) is 6. The van der Waals surface area contributed by atoms with Crippen LogP contribution in [0.2, 0.25) is 0 Å². The Morgan fingerprint density at radius 3 is 2.31 bits per heavy atom. The second-order valence-corrected chi connectivity index (χ2v) is 8.00. The molecule has 0 saturated heterocycles. The minimum Gasteiger partial charge on any atom is -0.462 e. The highest BCUT2D eigenvalue weighted by Gasteiger charge is 2.22. The summed E-state index contributed by atoms with van der Waals surface area (Å²) < 4.78 is 5.22. The van der Waals surface area contributed by atoms with E-state index in [9.17, 15) is 14.4 Å². The van der Waals surface area contributed by atoms with Gasteiger partial charge in [-0.25, -0.2) is 4.79 Å². The molecule has 0 radical (unpaired) electrons. The third-order valence-corrected chi connectivity index (χ3v) is 5.49. The predicted octanol–water partition coefficient (Wildman–Crippen LogP) is 4.34. The van der Waals surface area contributed by atoms with Crippen LogP contribution in [0.15, 0.2) is 60.0 Å². The normalized spacial score (nSPS) is 10.3. The summed E-state index contributed by atoms with van der Waals surface area (Å²) in [5, 5.41) is 8.12. The van der Waals surface area contributed by atoms with E-state index in [4.69, 9.17) is 4.74 Å². The Bertz CT molecular complexity index is 1090. The largest absolute Gasteiger partial charge is 0.462 e. The number of anilines is 2. The first-order valence-corrected chi connectivity index (χ1v) is 11.0. The van der Waals surface area contributed by atoms with Gasteiger partial charge in [-0.1, -0.05) is 30.3 Å². The lowest BCUT2D eigenvalue weighted by molar-refractivity contribution is -0.114. The topological polar surface area (TPSA) is 87.7 Å². The Hall–Kier alpha value is -3.65. The number of nitrogens with one attached hydrogen (secondary N) is 2. The van der Waals surface area contributed by atoms with Gasteiger partial charge in [0.2, 0.25) is 5.91 Å². The van der Waals surface area contributed by atoms with Gasteiger partial charge in [0.25, 0.3) is 5.91 Å². The predicted molar refractivity (Wildman–Crippen MR) is 127 cm³/mol. The number of carbonyl (C=O) groups is 3. The first-order valence-electron chi connectivity index (χ1n) is 10.1. The first kappa shape index (κ1) is 23.0. The molecule has 2 aromatic carbocycles. The van der Waals surface area contributed by atoms with Crippen molar-refractivity contribution in [1.82, 2.24) is 4.90 Å². The number of hydrogen-bond donors (Lipinski definition) is 2. The van der Waals surface area contributed by atoms with E-state index in [-0.39, 0.29) is 25.0 Å². The summed E-state index contributed by atoms with van der Waals surface area (Å²) in [6.45, 7) is 1.98. The molecule has 32 heavy (non-hydrogen) atoms. The summed E-state index contributed by atoms with van der Waals surface area (Å²) in [5.41, 5.74) is 3.22. The van der Waals surface area contributed by atoms with Crippen molar-refractivity contribution in [2.24, 2.45) is 0 Å². The van der Waals surface area contributed by atoms with Gasteiger partial charge in [0, 0.05) is 36.3 Å². The highest BCUT2D eigenvalue weighted by molar-refractivity contribution is 7.15. The van der Waals surface area contributed by atoms with Gasteiger partial charge in [-0.15, -0.1) is 11.3 Å². The second-order valence-electron chi connectivity index (χ2n) is 7.12. The molecular formula is C24H25N3O4S. The lowest BCUT2D eigenvalue weighted by atomic mass is 10.0. The van der Waals surface area contributed by atoms with Crippen LogP contribution >= 0.6 is 11.3 Å². The molecule has 0 fully saturated rings. The Labute approximate surface area is 191 Å². The Kier molecular flexibility index (Phi) is 7.62. The molecule has 0 aliphatic heterocycles. The molecule has 3 aromatic rings. The van der Waals surface area contributed by atoms with Gasteiger partial charge in [0.15, 0.2) is 0 Å². The molecule has 0 saturated carbocycles. The van der Waals surface area contributed by atoms with E-state index in [2.05, 4.69) is 10.6 Å². The van der Waals surface area contributed by atoms with Gasteiger partial charge < -0.3 is 20.3 Å². The van der Waals surface area contributed by atoms with Crippen LogP contribution in [-0.4, -0.2) is 49.9 Å². The average molecular weight is 452 g/mol. The van der Waals surface area contributed by atoms with E-state index in [1.807, 2.05) is 35.7 Å². The molecule has 0 unspecified atom stereocenters. The third kappa shape index (κ3) is 5.53. The number of esters is 1. The zero-order valence-electron chi connectivity index (χ0n) is 18.2. The van der Waals surface area contributed by atoms with Crippen molar-refractivity contribution in [3.05, 3.63) is 71.1 Å². The molecule has 3 rings (SSSR count). The molecule has 2 N–H and O–H groups in total. The zero-order valence-corrected chi connectivity index (χ0v) is 19.0. The minimum absolute atomic E-state index is 0.00180. The smallest absolute Gasteiger partial charge is 0.341 e. The summed E-state index contributed by atoms with van der Waals surface area (Å²) in [6.07, 6.45) is 0. The standard InChI is InChI=1S/C24H25N3O4S/c1-4-31-24(30)21-19(16-8-6-5-7-9-16)15-32-22(21)26-20(28)14-25-18-12-10-17(11-13-18)23(29)27(2)3/h5-13,15,25H,4,14H2,1-3H3,(H,26,28). The molecule has 8 heteroatoms. The van der Waals surface area contributed by atoms with E-state index in [0.717, 1.165) is 11.1 Å². The molecule has 0 aliphatic carbocycles. The van der Waals surface area contributed by atoms with E-state index in [1.54, 1.807) is 45.3 Å². The molecule has 0 bridgehead atoms. The molecule has 2 amide bonds. The summed E-state index contributed by atoms with van der Waals surface area (Å²) in [7, 11) is 3.38. The number of benzene rings is 2. The fraction of sp³-hybridized carbons (Fsp3) is 0.208. The highest BCUT2D eigenvalue weighted by atomic mass is 32.1. The van der Waals surface area contributed by atoms with Crippen molar-refractivity contribution < 1.29 is 19.1 Å². The summed E-state index contributed by atoms with van der Waals surface area (Å²) in [6, 6.07) is 16.4. The van der Waals surface area contributed by atoms with Gasteiger partial charge in [-0.05, 0) is 36.8 Å². The van der Waals surface area contributed by atoms with Crippen molar-refractivity contribution in [3.8, 4) is 11.1 Å².